The smallest absolute Gasteiger partial charge is 0.310 e. The topological polar surface area (TPSA) is 150 Å². The van der Waals surface area contributed by atoms with Gasteiger partial charge in [0.05, 0.1) is 25.0 Å². The van der Waals surface area contributed by atoms with Crippen LogP contribution in [0.4, 0.5) is 19.1 Å². The number of fused-ring (bicyclic) bond motifs is 1. The van der Waals surface area contributed by atoms with E-state index in [4.69, 9.17) is 0 Å². The predicted octanol–water partition coefficient (Wildman–Crippen LogP) is 4.10. The molecule has 0 unspecified atom stereocenters. The maximum atomic E-state index is 13.6. The quantitative estimate of drug-likeness (QED) is 0.273. The fourth-order valence-corrected chi connectivity index (χ4v) is 4.13. The molecule has 2 heterocycles. The Labute approximate surface area is 246 Å². The number of halogens is 3. The van der Waals surface area contributed by atoms with Gasteiger partial charge in [-0.15, -0.1) is 0 Å². The van der Waals surface area contributed by atoms with Gasteiger partial charge in [-0.05, 0) is 25.1 Å². The van der Waals surface area contributed by atoms with E-state index in [1.165, 1.54) is 30.7 Å². The number of nitrogens with one attached hydrogen (secondary N) is 3. The van der Waals surface area contributed by atoms with E-state index < -0.39 is 30.1 Å². The fraction of sp³-hybridized carbons (Fsp3) is 0.483. The van der Waals surface area contributed by atoms with E-state index in [1.54, 1.807) is 13.8 Å². The molecule has 0 aromatic carbocycles. The molecule has 0 saturated carbocycles. The van der Waals surface area contributed by atoms with Crippen molar-refractivity contribution in [3.05, 3.63) is 57.8 Å². The second-order valence-electron chi connectivity index (χ2n) is 10.4. The molecule has 2 aromatic heterocycles. The van der Waals surface area contributed by atoms with Gasteiger partial charge >= 0.3 is 12.1 Å². The van der Waals surface area contributed by atoms with E-state index in [0.29, 0.717) is 11.4 Å². The number of alkyl halides is 3. The second kappa shape index (κ2) is 15.3. The molecule has 2 aromatic rings. The molecule has 0 aliphatic heterocycles. The Kier molecular flexibility index (Phi) is 11.9. The Bertz CT molecular complexity index is 1480. The second-order valence-corrected chi connectivity index (χ2v) is 10.4. The highest BCUT2D eigenvalue weighted by molar-refractivity contribution is 6.00. The number of unbranched alkanes of at least 4 members (excludes halogenated alkanes) is 4. The number of amides is 2. The van der Waals surface area contributed by atoms with Crippen molar-refractivity contribution in [3.8, 4) is 0 Å². The molecule has 2 amide bonds. The van der Waals surface area contributed by atoms with Crippen molar-refractivity contribution in [2.75, 3.05) is 18.4 Å². The summed E-state index contributed by atoms with van der Waals surface area (Å²) < 4.78 is 40.8. The van der Waals surface area contributed by atoms with Crippen LogP contribution in [-0.4, -0.2) is 61.7 Å². The van der Waals surface area contributed by atoms with Crippen LogP contribution in [-0.2, 0) is 20.9 Å². The van der Waals surface area contributed by atoms with Crippen LogP contribution in [0.2, 0.25) is 0 Å². The number of nitrogens with zero attached hydrogens (tertiary/aromatic N) is 4. The predicted molar refractivity (Wildman–Crippen MR) is 155 cm³/mol. The van der Waals surface area contributed by atoms with Crippen molar-refractivity contribution in [3.63, 3.8) is 0 Å². The fourth-order valence-electron chi connectivity index (χ4n) is 4.13. The monoisotopic (exact) mass is 603 g/mol. The number of allylic oxidation sites excluding steroid dienone is 4. The summed E-state index contributed by atoms with van der Waals surface area (Å²) >= 11 is 0. The zero-order chi connectivity index (χ0) is 31.6. The van der Waals surface area contributed by atoms with Crippen LogP contribution in [0.5, 0.6) is 0 Å². The Morgan fingerprint density at radius 3 is 2.53 bits per heavy atom. The summed E-state index contributed by atoms with van der Waals surface area (Å²) in [5.41, 5.74) is -1.03. The number of H-pyrrole nitrogens is 1. The standard InChI is InChI=1S/C29H36F3N7O4/c1-4-5-6-7-8-14-33-16-22(40)19-10-9-11-21(13-12-19)39(27(43)29(30,31)32)17-20-15-34-24-23(35-20)26(42)38-28(36-24)37-25(41)18(2)3/h9-10,12-13,15,18,33H,4-8,11,14,16-17H2,1-3H3,(H2,34,36,37,38,41,42). The lowest BCUT2D eigenvalue weighted by molar-refractivity contribution is -0.184. The zero-order valence-electron chi connectivity index (χ0n) is 24.4. The first-order valence-electron chi connectivity index (χ1n) is 14.2. The summed E-state index contributed by atoms with van der Waals surface area (Å²) in [7, 11) is 0. The zero-order valence-corrected chi connectivity index (χ0v) is 24.4. The van der Waals surface area contributed by atoms with E-state index in [2.05, 4.69) is 37.5 Å². The van der Waals surface area contributed by atoms with Gasteiger partial charge in [-0.1, -0.05) is 58.6 Å². The number of aromatic amines is 1. The number of rotatable bonds is 14. The van der Waals surface area contributed by atoms with E-state index in [-0.39, 0.29) is 58.7 Å². The number of carbonyl (C=O) groups is 3. The van der Waals surface area contributed by atoms with Crippen LogP contribution in [0.3, 0.4) is 0 Å². The highest BCUT2D eigenvalue weighted by Crippen LogP contribution is 2.26. The number of aromatic nitrogens is 4. The number of hydrogen-bond donors (Lipinski definition) is 3. The lowest BCUT2D eigenvalue weighted by atomic mass is 10.1. The van der Waals surface area contributed by atoms with Crippen LogP contribution in [0.1, 0.15) is 65.0 Å². The van der Waals surface area contributed by atoms with Gasteiger partial charge in [0.2, 0.25) is 11.9 Å². The van der Waals surface area contributed by atoms with Crippen LogP contribution in [0.15, 0.2) is 46.6 Å². The minimum absolute atomic E-state index is 0.0223. The van der Waals surface area contributed by atoms with Crippen molar-refractivity contribution >= 4 is 34.7 Å². The molecule has 0 bridgehead atoms. The molecule has 14 heteroatoms. The van der Waals surface area contributed by atoms with Crippen molar-refractivity contribution < 1.29 is 27.6 Å². The van der Waals surface area contributed by atoms with Gasteiger partial charge in [-0.2, -0.15) is 18.2 Å². The highest BCUT2D eigenvalue weighted by atomic mass is 19.4. The van der Waals surface area contributed by atoms with Crippen LogP contribution in [0, 0.1) is 5.92 Å². The summed E-state index contributed by atoms with van der Waals surface area (Å²) in [5.74, 6) is -3.30. The molecule has 0 atom stereocenters. The van der Waals surface area contributed by atoms with Gasteiger partial charge in [-0.25, -0.2) is 9.97 Å². The molecule has 43 heavy (non-hydrogen) atoms. The summed E-state index contributed by atoms with van der Waals surface area (Å²) in [6.45, 7) is 5.54. The van der Waals surface area contributed by atoms with Crippen molar-refractivity contribution in [2.24, 2.45) is 5.92 Å². The molecular weight excluding hydrogens is 567 g/mol. The van der Waals surface area contributed by atoms with Crippen molar-refractivity contribution in [1.82, 2.24) is 30.2 Å². The van der Waals surface area contributed by atoms with Gasteiger partial charge in [0.1, 0.15) is 0 Å². The number of hydrogen-bond acceptors (Lipinski definition) is 8. The van der Waals surface area contributed by atoms with Gasteiger partial charge in [0.25, 0.3) is 5.56 Å². The molecule has 3 N–H and O–H groups in total. The number of ketones is 1. The van der Waals surface area contributed by atoms with Gasteiger partial charge in [0, 0.05) is 23.6 Å². The molecule has 0 radical (unpaired) electrons. The first-order chi connectivity index (χ1) is 20.4. The van der Waals surface area contributed by atoms with Gasteiger partial charge in [-0.3, -0.25) is 29.5 Å². The summed E-state index contributed by atoms with van der Waals surface area (Å²) in [5, 5.41) is 5.53. The Hall–Kier alpha value is -4.20. The Morgan fingerprint density at radius 1 is 1.09 bits per heavy atom. The van der Waals surface area contributed by atoms with Gasteiger partial charge in [0.15, 0.2) is 16.9 Å². The third kappa shape index (κ3) is 9.66. The van der Waals surface area contributed by atoms with E-state index in [0.717, 1.165) is 31.9 Å². The lowest BCUT2D eigenvalue weighted by Gasteiger charge is -2.25. The molecule has 232 valence electrons. The van der Waals surface area contributed by atoms with Crippen LogP contribution < -0.4 is 16.2 Å². The van der Waals surface area contributed by atoms with Crippen LogP contribution in [0.25, 0.3) is 11.2 Å². The lowest BCUT2D eigenvalue weighted by Crippen LogP contribution is -2.40. The molecule has 0 spiro atoms. The number of carbonyl (C=O) groups excluding carboxylic acids is 3. The highest BCUT2D eigenvalue weighted by Gasteiger charge is 2.43. The third-order valence-corrected chi connectivity index (χ3v) is 6.53. The average Bonchev–Trinajstić information content (AvgIpc) is 3.21. The summed E-state index contributed by atoms with van der Waals surface area (Å²) in [6.07, 6.45) is 7.00. The number of anilines is 1. The minimum Gasteiger partial charge on any atom is -0.310 e. The maximum absolute atomic E-state index is 13.6. The largest absolute Gasteiger partial charge is 0.471 e. The molecule has 1 aliphatic carbocycles. The van der Waals surface area contributed by atoms with E-state index >= 15 is 0 Å². The first-order valence-corrected chi connectivity index (χ1v) is 14.2. The minimum atomic E-state index is -5.20. The molecule has 0 fully saturated rings. The number of Topliss-reactive ketones (excluding diaryl/α,β-unsaturated/α-hetero) is 1. The third-order valence-electron chi connectivity index (χ3n) is 6.53. The van der Waals surface area contributed by atoms with Crippen molar-refractivity contribution in [1.29, 1.82) is 0 Å². The summed E-state index contributed by atoms with van der Waals surface area (Å²) in [4.78, 5) is 64.7. The SMILES string of the molecule is CCCCCCCNCC(=O)C1=CC=C(N(Cc2cnc3nc(NC(=O)C(C)C)[nH]c(=O)c3n2)C(=O)C(F)(F)F)CC=C1. The first kappa shape index (κ1) is 33.3. The van der Waals surface area contributed by atoms with Gasteiger partial charge < -0.3 is 10.2 Å². The average molecular weight is 604 g/mol. The van der Waals surface area contributed by atoms with Crippen molar-refractivity contribution in [2.45, 2.75) is 72.0 Å². The molecular formula is C29H36F3N7O4. The molecule has 11 nitrogen and oxygen atoms in total. The Morgan fingerprint density at radius 2 is 1.84 bits per heavy atom. The molecule has 1 aliphatic rings. The van der Waals surface area contributed by atoms with E-state index in [1.807, 2.05) is 0 Å². The molecule has 3 rings (SSSR count). The molecule has 0 saturated heterocycles. The maximum Gasteiger partial charge on any atom is 0.471 e. The summed E-state index contributed by atoms with van der Waals surface area (Å²) in [6, 6.07) is 0. The Balaban J connectivity index is 1.79. The normalized spacial score (nSPS) is 13.5. The van der Waals surface area contributed by atoms with Crippen LogP contribution >= 0.6 is 0 Å². The van der Waals surface area contributed by atoms with E-state index in [9.17, 15) is 32.3 Å².